The average Bonchev–Trinajstić information content (AvgIpc) is 2.98. The molecule has 3 aromatic carbocycles. The van der Waals surface area contributed by atoms with E-state index in [1.165, 1.54) is 67.3 Å². The number of hydrogen-bond donors (Lipinski definition) is 4. The molecule has 204 valence electrons. The van der Waals surface area contributed by atoms with Crippen molar-refractivity contribution < 1.29 is 29.3 Å². The van der Waals surface area contributed by atoms with Crippen molar-refractivity contribution in [1.82, 2.24) is 9.97 Å². The van der Waals surface area contributed by atoms with E-state index in [2.05, 4.69) is 9.97 Å². The Morgan fingerprint density at radius 1 is 0.634 bits per heavy atom. The molecular weight excluding hydrogens is 526 g/mol. The second-order valence-electron chi connectivity index (χ2n) is 8.75. The fourth-order valence-electron chi connectivity index (χ4n) is 3.91. The van der Waals surface area contributed by atoms with Crippen LogP contribution in [0.25, 0.3) is 0 Å². The highest BCUT2D eigenvalue weighted by atomic mass is 16.5. The summed E-state index contributed by atoms with van der Waals surface area (Å²) < 4.78 is 10.9. The van der Waals surface area contributed by atoms with E-state index in [-0.39, 0.29) is 51.2 Å². The smallest absolute Gasteiger partial charge is 0.343 e. The van der Waals surface area contributed by atoms with Crippen molar-refractivity contribution in [2.45, 2.75) is 0 Å². The largest absolute Gasteiger partial charge is 0.506 e. The number of aromatic nitrogens is 2. The van der Waals surface area contributed by atoms with Gasteiger partial charge in [0, 0.05) is 41.6 Å². The minimum absolute atomic E-state index is 0.00817. The lowest BCUT2D eigenvalue weighted by atomic mass is 10.1. The molecule has 0 aliphatic rings. The molecular formula is C30H23N5O6. The van der Waals surface area contributed by atoms with Gasteiger partial charge in [0.05, 0.1) is 34.9 Å². The number of carbonyl (C=O) groups is 2. The van der Waals surface area contributed by atoms with E-state index in [0.717, 1.165) is 0 Å². The molecule has 0 spiro atoms. The van der Waals surface area contributed by atoms with Crippen LogP contribution in [0, 0.1) is 0 Å². The predicted octanol–water partition coefficient (Wildman–Crippen LogP) is 4.96. The number of benzene rings is 3. The predicted molar refractivity (Wildman–Crippen MR) is 152 cm³/mol. The van der Waals surface area contributed by atoms with Gasteiger partial charge in [0.15, 0.2) is 0 Å². The molecule has 5 aromatic rings. The summed E-state index contributed by atoms with van der Waals surface area (Å²) in [6.45, 7) is 0. The number of anilines is 5. The molecule has 0 bridgehead atoms. The third-order valence-corrected chi connectivity index (χ3v) is 5.88. The zero-order valence-corrected chi connectivity index (χ0v) is 21.3. The number of hydrogen-bond acceptors (Lipinski definition) is 11. The highest BCUT2D eigenvalue weighted by Gasteiger charge is 2.22. The Balaban J connectivity index is 1.66. The van der Waals surface area contributed by atoms with Gasteiger partial charge in [0.2, 0.25) is 0 Å². The number of carbonyl (C=O) groups excluding carboxylic acids is 2. The Morgan fingerprint density at radius 3 is 1.49 bits per heavy atom. The number of aromatic hydroxyl groups is 2. The molecule has 0 aliphatic carbocycles. The lowest BCUT2D eigenvalue weighted by Gasteiger charge is -2.27. The van der Waals surface area contributed by atoms with Gasteiger partial charge in [-0.2, -0.15) is 0 Å². The monoisotopic (exact) mass is 549 g/mol. The summed E-state index contributed by atoms with van der Waals surface area (Å²) in [6.07, 6.45) is 5.82. The zero-order chi connectivity index (χ0) is 28.9. The summed E-state index contributed by atoms with van der Waals surface area (Å²) in [5, 5.41) is 20.7. The molecule has 0 atom stereocenters. The molecule has 41 heavy (non-hydrogen) atoms. The normalized spacial score (nSPS) is 10.5. The zero-order valence-electron chi connectivity index (χ0n) is 21.3. The minimum atomic E-state index is -0.768. The van der Waals surface area contributed by atoms with Crippen molar-refractivity contribution in [3.63, 3.8) is 0 Å². The van der Waals surface area contributed by atoms with Crippen molar-refractivity contribution in [3.8, 4) is 23.0 Å². The Morgan fingerprint density at radius 2 is 1.10 bits per heavy atom. The highest BCUT2D eigenvalue weighted by Crippen LogP contribution is 2.40. The topological polar surface area (TPSA) is 174 Å². The first kappa shape index (κ1) is 26.5. The number of pyridine rings is 2. The Labute approximate surface area is 233 Å². The SMILES string of the molecule is Nc1ccc(N(c2cc(C(=O)Oc3cccnc3)cc(C(=O)Oc3cccnc3)c2)c2ccc(N)c(O)c2)cc1O. The maximum atomic E-state index is 13.2. The molecule has 11 nitrogen and oxygen atoms in total. The molecule has 6 N–H and O–H groups in total. The first-order valence-electron chi connectivity index (χ1n) is 12.1. The highest BCUT2D eigenvalue weighted by molar-refractivity contribution is 5.99. The van der Waals surface area contributed by atoms with Gasteiger partial charge in [-0.1, -0.05) is 0 Å². The fraction of sp³-hybridized carbons (Fsp3) is 0. The number of phenolic OH excluding ortho intramolecular Hbond substituents is 2. The van der Waals surface area contributed by atoms with Gasteiger partial charge in [-0.15, -0.1) is 0 Å². The van der Waals surface area contributed by atoms with Gasteiger partial charge in [0.1, 0.15) is 23.0 Å². The number of nitrogens with zero attached hydrogens (tertiary/aromatic N) is 3. The second-order valence-corrected chi connectivity index (χ2v) is 8.75. The summed E-state index contributed by atoms with van der Waals surface area (Å²) in [5.41, 5.74) is 13.0. The van der Waals surface area contributed by atoms with Crippen LogP contribution in [-0.4, -0.2) is 32.1 Å². The standard InChI is InChI=1S/C30H23N5O6/c31-25-7-5-20(14-27(25)36)35(21-6-8-26(32)28(37)15-21)22-12-18(29(38)40-23-3-1-9-33-16-23)11-19(13-22)30(39)41-24-4-2-10-34-17-24/h1-17,36-37H,31-32H2. The Hall–Kier alpha value is -6.10. The number of esters is 2. The van der Waals surface area contributed by atoms with Crippen molar-refractivity contribution >= 4 is 40.4 Å². The lowest BCUT2D eigenvalue weighted by Crippen LogP contribution is -2.16. The van der Waals surface area contributed by atoms with Gasteiger partial charge in [-0.05, 0) is 66.7 Å². The number of rotatable bonds is 7. The first-order chi connectivity index (χ1) is 19.8. The van der Waals surface area contributed by atoms with Gasteiger partial charge in [0.25, 0.3) is 0 Å². The van der Waals surface area contributed by atoms with Gasteiger partial charge >= 0.3 is 11.9 Å². The minimum Gasteiger partial charge on any atom is -0.506 e. The van der Waals surface area contributed by atoms with Crippen molar-refractivity contribution in [2.24, 2.45) is 0 Å². The van der Waals surface area contributed by atoms with E-state index in [1.54, 1.807) is 41.3 Å². The first-order valence-corrected chi connectivity index (χ1v) is 12.1. The van der Waals surface area contributed by atoms with Crippen LogP contribution >= 0.6 is 0 Å². The van der Waals surface area contributed by atoms with Gasteiger partial charge < -0.3 is 36.1 Å². The van der Waals surface area contributed by atoms with E-state index in [4.69, 9.17) is 20.9 Å². The van der Waals surface area contributed by atoms with Crippen LogP contribution in [-0.2, 0) is 0 Å². The molecule has 0 aliphatic heterocycles. The molecule has 0 radical (unpaired) electrons. The molecule has 11 heteroatoms. The molecule has 0 saturated heterocycles. The molecule has 0 amide bonds. The van der Waals surface area contributed by atoms with E-state index >= 15 is 0 Å². The van der Waals surface area contributed by atoms with Crippen molar-refractivity contribution in [2.75, 3.05) is 16.4 Å². The molecule has 2 aromatic heterocycles. The summed E-state index contributed by atoms with van der Waals surface area (Å²) in [7, 11) is 0. The van der Waals surface area contributed by atoms with E-state index in [9.17, 15) is 19.8 Å². The van der Waals surface area contributed by atoms with Crippen LogP contribution in [0.2, 0.25) is 0 Å². The van der Waals surface area contributed by atoms with Crippen LogP contribution < -0.4 is 25.8 Å². The summed E-state index contributed by atoms with van der Waals surface area (Å²) in [6, 6.07) is 19.7. The lowest BCUT2D eigenvalue weighted by molar-refractivity contribution is 0.0734. The van der Waals surface area contributed by atoms with Crippen molar-refractivity contribution in [3.05, 3.63) is 115 Å². The van der Waals surface area contributed by atoms with Crippen molar-refractivity contribution in [1.29, 1.82) is 0 Å². The van der Waals surface area contributed by atoms with Gasteiger partial charge in [-0.25, -0.2) is 9.59 Å². The maximum absolute atomic E-state index is 13.2. The Bertz CT molecular complexity index is 1610. The fourth-order valence-corrected chi connectivity index (χ4v) is 3.91. The van der Waals surface area contributed by atoms with Gasteiger partial charge in [-0.3, -0.25) is 9.97 Å². The van der Waals surface area contributed by atoms with E-state index < -0.39 is 11.9 Å². The maximum Gasteiger partial charge on any atom is 0.343 e. The average molecular weight is 550 g/mol. The van der Waals surface area contributed by atoms with Crippen LogP contribution in [0.1, 0.15) is 20.7 Å². The Kier molecular flexibility index (Phi) is 7.33. The third-order valence-electron chi connectivity index (χ3n) is 5.88. The molecule has 2 heterocycles. The van der Waals surface area contributed by atoms with E-state index in [0.29, 0.717) is 11.4 Å². The van der Waals surface area contributed by atoms with Crippen LogP contribution in [0.5, 0.6) is 23.0 Å². The summed E-state index contributed by atoms with van der Waals surface area (Å²) >= 11 is 0. The van der Waals surface area contributed by atoms with Crippen LogP contribution in [0.4, 0.5) is 28.4 Å². The summed E-state index contributed by atoms with van der Waals surface area (Å²) in [5.74, 6) is -1.53. The third kappa shape index (κ3) is 5.99. The van der Waals surface area contributed by atoms with E-state index in [1.807, 2.05) is 0 Å². The van der Waals surface area contributed by atoms with Crippen LogP contribution in [0.15, 0.2) is 104 Å². The second kappa shape index (κ2) is 11.3. The molecule has 0 saturated carbocycles. The number of phenols is 2. The number of nitrogen functional groups attached to an aromatic ring is 2. The number of nitrogens with two attached hydrogens (primary N) is 2. The molecule has 0 fully saturated rings. The molecule has 0 unspecified atom stereocenters. The summed E-state index contributed by atoms with van der Waals surface area (Å²) in [4.78, 5) is 36.0. The number of ether oxygens (including phenoxy) is 2. The molecule has 5 rings (SSSR count). The quantitative estimate of drug-likeness (QED) is 0.123. The van der Waals surface area contributed by atoms with Crippen LogP contribution in [0.3, 0.4) is 0 Å².